The summed E-state index contributed by atoms with van der Waals surface area (Å²) in [5, 5.41) is 17.2. The number of nitrogens with zero attached hydrogens (tertiary/aromatic N) is 3. The molecule has 372 valence electrons. The van der Waals surface area contributed by atoms with Crippen molar-refractivity contribution in [3.05, 3.63) is 149 Å². The first-order chi connectivity index (χ1) is 33.4. The van der Waals surface area contributed by atoms with Gasteiger partial charge in [0.25, 0.3) is 11.8 Å². The lowest BCUT2D eigenvalue weighted by Crippen LogP contribution is -2.31. The number of para-hydroxylation sites is 1. The molecule has 70 heavy (non-hydrogen) atoms. The first kappa shape index (κ1) is 52.9. The van der Waals surface area contributed by atoms with Crippen LogP contribution in [0.4, 0.5) is 5.69 Å². The number of rotatable bonds is 13. The SMILES string of the molecule is CNC(=O)C1=CCN(S(=O)(=O)c2ccc(OC)c(OC)c2)C1.Cc1ccccc1NC(=O)C1=CCN(S(=O)(=O)c2ccccc2)C1.O=C(NO)C1=CCN(S(=O)(=O)c2ccc(C3=CCNCC3)cc2)C1. The zero-order valence-electron chi connectivity index (χ0n) is 38.9. The van der Waals surface area contributed by atoms with E-state index in [1.807, 2.05) is 43.3 Å². The van der Waals surface area contributed by atoms with Gasteiger partial charge < -0.3 is 25.4 Å². The van der Waals surface area contributed by atoms with Gasteiger partial charge in [0.15, 0.2) is 11.5 Å². The van der Waals surface area contributed by atoms with E-state index in [9.17, 15) is 39.6 Å². The molecule has 4 aliphatic rings. The molecule has 0 saturated heterocycles. The second-order valence-corrected chi connectivity index (χ2v) is 21.7. The lowest BCUT2D eigenvalue weighted by molar-refractivity contribution is -0.125. The Labute approximate surface area is 408 Å². The van der Waals surface area contributed by atoms with Crippen LogP contribution in [0.2, 0.25) is 0 Å². The van der Waals surface area contributed by atoms with E-state index >= 15 is 0 Å². The van der Waals surface area contributed by atoms with E-state index < -0.39 is 36.0 Å². The van der Waals surface area contributed by atoms with Gasteiger partial charge in [0, 0.05) is 81.3 Å². The molecule has 0 bridgehead atoms. The molecular formula is C48H55N7O12S3. The molecule has 4 aromatic rings. The Morgan fingerprint density at radius 2 is 1.10 bits per heavy atom. The molecule has 4 aromatic carbocycles. The molecule has 5 N–H and O–H groups in total. The van der Waals surface area contributed by atoms with Gasteiger partial charge in [0.1, 0.15) is 0 Å². The van der Waals surface area contributed by atoms with Crippen LogP contribution in [0.1, 0.15) is 17.5 Å². The van der Waals surface area contributed by atoms with Crippen LogP contribution in [0.5, 0.6) is 11.5 Å². The minimum Gasteiger partial charge on any atom is -0.493 e. The van der Waals surface area contributed by atoms with Gasteiger partial charge in [-0.3, -0.25) is 19.6 Å². The summed E-state index contributed by atoms with van der Waals surface area (Å²) in [6.45, 7) is 4.21. The highest BCUT2D eigenvalue weighted by Gasteiger charge is 2.33. The number of hydrogen-bond acceptors (Lipinski definition) is 13. The van der Waals surface area contributed by atoms with Gasteiger partial charge in [-0.05, 0) is 79.1 Å². The quantitative estimate of drug-likeness (QED) is 0.0953. The maximum absolute atomic E-state index is 12.7. The fraction of sp³-hybridized carbons (Fsp3) is 0.271. The van der Waals surface area contributed by atoms with E-state index in [0.717, 1.165) is 36.3 Å². The molecule has 19 nitrogen and oxygen atoms in total. The number of anilines is 1. The third-order valence-electron chi connectivity index (χ3n) is 11.6. The average molecular weight is 1020 g/mol. The van der Waals surface area contributed by atoms with Crippen molar-refractivity contribution in [2.24, 2.45) is 0 Å². The highest BCUT2D eigenvalue weighted by Crippen LogP contribution is 2.32. The highest BCUT2D eigenvalue weighted by atomic mass is 32.2. The van der Waals surface area contributed by atoms with Gasteiger partial charge >= 0.3 is 0 Å². The van der Waals surface area contributed by atoms with Crippen molar-refractivity contribution in [3.63, 3.8) is 0 Å². The Balaban J connectivity index is 0.000000172. The summed E-state index contributed by atoms with van der Waals surface area (Å²) < 4.78 is 89.7. The second-order valence-electron chi connectivity index (χ2n) is 15.9. The predicted octanol–water partition coefficient (Wildman–Crippen LogP) is 3.44. The number of nitrogens with one attached hydrogen (secondary N) is 4. The zero-order chi connectivity index (χ0) is 50.6. The lowest BCUT2D eigenvalue weighted by Gasteiger charge is -2.18. The average Bonchev–Trinajstić information content (AvgIpc) is 4.21. The van der Waals surface area contributed by atoms with Crippen molar-refractivity contribution >= 4 is 59.1 Å². The Morgan fingerprint density at radius 3 is 1.61 bits per heavy atom. The van der Waals surface area contributed by atoms with Gasteiger partial charge in [-0.2, -0.15) is 12.9 Å². The van der Waals surface area contributed by atoms with Gasteiger partial charge in [-0.25, -0.2) is 30.7 Å². The monoisotopic (exact) mass is 1020 g/mol. The smallest absolute Gasteiger partial charge is 0.271 e. The third kappa shape index (κ3) is 12.4. The minimum absolute atomic E-state index is 0.0483. The molecule has 0 unspecified atom stereocenters. The molecule has 3 amide bonds. The standard InChI is InChI=1S/C18H18N2O3S.C16H19N3O4S.C14H18N2O5S/c1-14-7-5-6-10-17(14)19-18(21)15-11-12-20(13-15)24(22,23)16-8-3-2-4-9-16;20-16(18-21)14-7-10-19(11-14)24(22,23)15-3-1-12(2-4-15)13-5-8-17-9-6-13;1-15-14(17)10-6-7-16(9-10)22(18,19)11-4-5-12(20-2)13(8-11)21-3/h2-11H,12-13H2,1H3,(H,19,21);1-5,7,17,21H,6,8-11H2,(H,18,20);4-6,8H,7,9H2,1-3H3,(H,15,17). The number of carbonyl (C=O) groups is 3. The van der Waals surface area contributed by atoms with Crippen molar-refractivity contribution in [2.75, 3.05) is 78.9 Å². The summed E-state index contributed by atoms with van der Waals surface area (Å²) in [4.78, 5) is 35.8. The summed E-state index contributed by atoms with van der Waals surface area (Å²) in [5.74, 6) is -0.435. The van der Waals surface area contributed by atoms with Crippen LogP contribution in [0.25, 0.3) is 5.57 Å². The van der Waals surface area contributed by atoms with E-state index in [4.69, 9.17) is 14.7 Å². The molecule has 0 saturated carbocycles. The summed E-state index contributed by atoms with van der Waals surface area (Å²) in [6.07, 6.45) is 7.79. The number of carbonyl (C=O) groups excluding carboxylic acids is 3. The fourth-order valence-corrected chi connectivity index (χ4v) is 11.6. The third-order valence-corrected chi connectivity index (χ3v) is 17.0. The Morgan fingerprint density at radius 1 is 0.600 bits per heavy atom. The summed E-state index contributed by atoms with van der Waals surface area (Å²) >= 11 is 0. The van der Waals surface area contributed by atoms with Crippen LogP contribution < -0.4 is 30.9 Å². The van der Waals surface area contributed by atoms with Crippen LogP contribution in [-0.4, -0.2) is 135 Å². The second kappa shape index (κ2) is 23.4. The number of aryl methyl sites for hydroxylation is 1. The van der Waals surface area contributed by atoms with Gasteiger partial charge in [0.05, 0.1) is 28.9 Å². The van der Waals surface area contributed by atoms with Crippen molar-refractivity contribution in [1.29, 1.82) is 0 Å². The number of methoxy groups -OCH3 is 2. The topological polar surface area (TPSA) is 250 Å². The molecule has 0 spiro atoms. The number of sulfonamides is 3. The Bertz CT molecular complexity index is 3050. The van der Waals surface area contributed by atoms with E-state index in [-0.39, 0.29) is 71.3 Å². The Hall–Kier alpha value is -6.50. The summed E-state index contributed by atoms with van der Waals surface area (Å²) in [6, 6.07) is 26.9. The number of hydroxylamine groups is 1. The van der Waals surface area contributed by atoms with Crippen LogP contribution in [0, 0.1) is 6.92 Å². The van der Waals surface area contributed by atoms with Crippen LogP contribution in [0.3, 0.4) is 0 Å². The van der Waals surface area contributed by atoms with Crippen molar-refractivity contribution in [3.8, 4) is 11.5 Å². The molecule has 0 aliphatic carbocycles. The van der Waals surface area contributed by atoms with Crippen LogP contribution in [0.15, 0.2) is 153 Å². The van der Waals surface area contributed by atoms with Crippen molar-refractivity contribution in [1.82, 2.24) is 29.0 Å². The number of amides is 3. The maximum Gasteiger partial charge on any atom is 0.271 e. The normalized spacial score (nSPS) is 16.5. The summed E-state index contributed by atoms with van der Waals surface area (Å²) in [7, 11) is -6.54. The van der Waals surface area contributed by atoms with Crippen LogP contribution in [-0.2, 0) is 44.5 Å². The van der Waals surface area contributed by atoms with Gasteiger partial charge in [-0.15, -0.1) is 0 Å². The Kier molecular flexibility index (Phi) is 17.7. The number of hydrogen-bond donors (Lipinski definition) is 5. The minimum atomic E-state index is -3.71. The summed E-state index contributed by atoms with van der Waals surface area (Å²) in [5.41, 5.74) is 6.57. The van der Waals surface area contributed by atoms with Crippen molar-refractivity contribution in [2.45, 2.75) is 28.0 Å². The molecule has 8 rings (SSSR count). The lowest BCUT2D eigenvalue weighted by atomic mass is 10.0. The molecule has 0 aromatic heterocycles. The van der Waals surface area contributed by atoms with E-state index in [0.29, 0.717) is 22.6 Å². The zero-order valence-corrected chi connectivity index (χ0v) is 41.4. The highest BCUT2D eigenvalue weighted by molar-refractivity contribution is 7.89. The number of benzene rings is 4. The molecule has 0 atom stereocenters. The van der Waals surface area contributed by atoms with E-state index in [1.54, 1.807) is 54.6 Å². The molecule has 0 fully saturated rings. The molecule has 4 heterocycles. The maximum atomic E-state index is 12.7. The fourth-order valence-electron chi connectivity index (χ4n) is 7.53. The first-order valence-corrected chi connectivity index (χ1v) is 26.1. The molecule has 0 radical (unpaired) electrons. The molecule has 4 aliphatic heterocycles. The van der Waals surface area contributed by atoms with Crippen molar-refractivity contribution < 1.29 is 54.3 Å². The number of likely N-dealkylation sites (N-methyl/N-ethyl adjacent to an activating group) is 1. The van der Waals surface area contributed by atoms with Crippen LogP contribution >= 0.6 is 0 Å². The van der Waals surface area contributed by atoms with Gasteiger partial charge in [-0.1, -0.05) is 72.8 Å². The first-order valence-electron chi connectivity index (χ1n) is 21.8. The van der Waals surface area contributed by atoms with E-state index in [2.05, 4.69) is 22.0 Å². The molecular weight excluding hydrogens is 963 g/mol. The van der Waals surface area contributed by atoms with E-state index in [1.165, 1.54) is 69.5 Å². The van der Waals surface area contributed by atoms with Gasteiger partial charge in [0.2, 0.25) is 36.0 Å². The largest absolute Gasteiger partial charge is 0.493 e. The number of ether oxygens (including phenoxy) is 2. The predicted molar refractivity (Wildman–Crippen MR) is 262 cm³/mol. The molecule has 22 heteroatoms.